The Labute approximate surface area is 175 Å². The van der Waals surface area contributed by atoms with E-state index in [4.69, 9.17) is 0 Å². The summed E-state index contributed by atoms with van der Waals surface area (Å²) in [4.78, 5) is 24.3. The first-order chi connectivity index (χ1) is 14.2. The standard InChI is InChI=1S/C21H23N3O5S/c1-16-6-7-18(17(2)14-16)8-9-21(25)22-10-12-23(13-11-22)30(28,29)20-5-3-4-19(15-20)24(26)27/h3-9,14-15H,10-13H2,1-2H3/b9-8+. The number of nitrogens with zero attached hydrogens (tertiary/aromatic N) is 3. The van der Waals surface area contributed by atoms with E-state index in [1.807, 2.05) is 32.0 Å². The van der Waals surface area contributed by atoms with Crippen molar-refractivity contribution in [2.75, 3.05) is 26.2 Å². The Bertz CT molecular complexity index is 1100. The Hall–Kier alpha value is -3.04. The molecule has 9 heteroatoms. The molecule has 30 heavy (non-hydrogen) atoms. The molecule has 1 aliphatic heterocycles. The molecule has 0 N–H and O–H groups in total. The number of rotatable bonds is 5. The molecule has 1 heterocycles. The van der Waals surface area contributed by atoms with E-state index >= 15 is 0 Å². The van der Waals surface area contributed by atoms with Crippen LogP contribution in [0.5, 0.6) is 0 Å². The van der Waals surface area contributed by atoms with Gasteiger partial charge in [-0.3, -0.25) is 14.9 Å². The number of non-ortho nitro benzene ring substituents is 1. The van der Waals surface area contributed by atoms with Crippen molar-refractivity contribution >= 4 is 27.7 Å². The Morgan fingerprint density at radius 1 is 1.07 bits per heavy atom. The van der Waals surface area contributed by atoms with Crippen LogP contribution in [0.1, 0.15) is 16.7 Å². The van der Waals surface area contributed by atoms with Gasteiger partial charge in [-0.05, 0) is 37.1 Å². The second-order valence-corrected chi connectivity index (χ2v) is 9.12. The highest BCUT2D eigenvalue weighted by atomic mass is 32.2. The van der Waals surface area contributed by atoms with Crippen LogP contribution in [0.25, 0.3) is 6.08 Å². The number of nitro benzene ring substituents is 1. The minimum absolute atomic E-state index is 0.119. The van der Waals surface area contributed by atoms with E-state index in [2.05, 4.69) is 0 Å². The van der Waals surface area contributed by atoms with Crippen molar-refractivity contribution in [2.45, 2.75) is 18.7 Å². The number of piperazine rings is 1. The second kappa shape index (κ2) is 8.76. The highest BCUT2D eigenvalue weighted by molar-refractivity contribution is 7.89. The zero-order valence-electron chi connectivity index (χ0n) is 16.8. The summed E-state index contributed by atoms with van der Waals surface area (Å²) in [5.41, 5.74) is 2.91. The van der Waals surface area contributed by atoms with Crippen LogP contribution in [0.4, 0.5) is 5.69 Å². The molecular weight excluding hydrogens is 406 g/mol. The molecule has 0 bridgehead atoms. The molecule has 0 saturated carbocycles. The molecule has 0 aliphatic carbocycles. The molecule has 0 atom stereocenters. The predicted molar refractivity (Wildman–Crippen MR) is 113 cm³/mol. The van der Waals surface area contributed by atoms with Gasteiger partial charge >= 0.3 is 0 Å². The maximum atomic E-state index is 12.8. The number of nitro groups is 1. The van der Waals surface area contributed by atoms with Crippen LogP contribution in [0.15, 0.2) is 53.4 Å². The van der Waals surface area contributed by atoms with Crippen LogP contribution in [-0.4, -0.2) is 54.6 Å². The van der Waals surface area contributed by atoms with Crippen LogP contribution >= 0.6 is 0 Å². The van der Waals surface area contributed by atoms with Crippen molar-refractivity contribution in [2.24, 2.45) is 0 Å². The topological polar surface area (TPSA) is 101 Å². The molecule has 0 spiro atoms. The first-order valence-electron chi connectivity index (χ1n) is 9.47. The quantitative estimate of drug-likeness (QED) is 0.413. The van der Waals surface area contributed by atoms with E-state index < -0.39 is 14.9 Å². The molecule has 1 saturated heterocycles. The van der Waals surface area contributed by atoms with Crippen LogP contribution in [0.2, 0.25) is 0 Å². The molecule has 0 aromatic heterocycles. The summed E-state index contributed by atoms with van der Waals surface area (Å²) in [6.45, 7) is 4.76. The van der Waals surface area contributed by atoms with Crippen molar-refractivity contribution in [1.82, 2.24) is 9.21 Å². The Morgan fingerprint density at radius 2 is 1.77 bits per heavy atom. The van der Waals surface area contributed by atoms with Gasteiger partial charge in [-0.25, -0.2) is 8.42 Å². The van der Waals surface area contributed by atoms with E-state index in [1.54, 1.807) is 11.0 Å². The van der Waals surface area contributed by atoms with Gasteiger partial charge in [0.05, 0.1) is 9.82 Å². The Kier molecular flexibility index (Phi) is 6.33. The molecule has 8 nitrogen and oxygen atoms in total. The molecule has 1 amide bonds. The Morgan fingerprint density at radius 3 is 2.40 bits per heavy atom. The third-order valence-corrected chi connectivity index (χ3v) is 6.94. The number of carbonyl (C=O) groups excluding carboxylic acids is 1. The normalized spacial score (nSPS) is 15.5. The summed E-state index contributed by atoms with van der Waals surface area (Å²) in [6, 6.07) is 11.0. The minimum Gasteiger partial charge on any atom is -0.337 e. The average Bonchev–Trinajstić information content (AvgIpc) is 2.73. The fraction of sp³-hybridized carbons (Fsp3) is 0.286. The summed E-state index contributed by atoms with van der Waals surface area (Å²) < 4.78 is 26.9. The molecule has 1 aliphatic rings. The average molecular weight is 429 g/mol. The summed E-state index contributed by atoms with van der Waals surface area (Å²) in [5, 5.41) is 10.9. The molecular formula is C21H23N3O5S. The SMILES string of the molecule is Cc1ccc(/C=C/C(=O)N2CCN(S(=O)(=O)c3cccc([N+](=O)[O-])c3)CC2)c(C)c1. The molecule has 0 unspecified atom stereocenters. The van der Waals surface area contributed by atoms with Crippen molar-refractivity contribution in [1.29, 1.82) is 0 Å². The lowest BCUT2D eigenvalue weighted by molar-refractivity contribution is -0.385. The maximum Gasteiger partial charge on any atom is 0.270 e. The van der Waals surface area contributed by atoms with Crippen LogP contribution in [-0.2, 0) is 14.8 Å². The van der Waals surface area contributed by atoms with E-state index in [0.29, 0.717) is 0 Å². The zero-order valence-corrected chi connectivity index (χ0v) is 17.6. The second-order valence-electron chi connectivity index (χ2n) is 7.18. The molecule has 0 radical (unpaired) electrons. The van der Waals surface area contributed by atoms with Gasteiger partial charge in [0, 0.05) is 44.4 Å². The van der Waals surface area contributed by atoms with Crippen molar-refractivity contribution in [3.63, 3.8) is 0 Å². The van der Waals surface area contributed by atoms with Crippen LogP contribution < -0.4 is 0 Å². The molecule has 2 aromatic carbocycles. The summed E-state index contributed by atoms with van der Waals surface area (Å²) in [6.07, 6.45) is 3.27. The smallest absolute Gasteiger partial charge is 0.270 e. The summed E-state index contributed by atoms with van der Waals surface area (Å²) in [7, 11) is -3.86. The fourth-order valence-electron chi connectivity index (χ4n) is 3.33. The first kappa shape index (κ1) is 21.7. The highest BCUT2D eigenvalue weighted by Gasteiger charge is 2.30. The molecule has 1 fully saturated rings. The van der Waals surface area contributed by atoms with Crippen LogP contribution in [0, 0.1) is 24.0 Å². The zero-order chi connectivity index (χ0) is 21.9. The number of amides is 1. The van der Waals surface area contributed by atoms with Crippen LogP contribution in [0.3, 0.4) is 0 Å². The number of carbonyl (C=O) groups is 1. The number of hydrogen-bond acceptors (Lipinski definition) is 5. The largest absolute Gasteiger partial charge is 0.337 e. The Balaban J connectivity index is 1.65. The van der Waals surface area contributed by atoms with Gasteiger partial charge in [-0.15, -0.1) is 0 Å². The minimum atomic E-state index is -3.86. The van der Waals surface area contributed by atoms with Gasteiger partial charge in [0.1, 0.15) is 0 Å². The van der Waals surface area contributed by atoms with Gasteiger partial charge in [-0.2, -0.15) is 4.31 Å². The molecule has 158 valence electrons. The van der Waals surface area contributed by atoms with Crippen molar-refractivity contribution in [3.05, 3.63) is 75.3 Å². The van der Waals surface area contributed by atoms with E-state index in [-0.39, 0.29) is 42.7 Å². The van der Waals surface area contributed by atoms with E-state index in [1.165, 1.54) is 28.6 Å². The summed E-state index contributed by atoms with van der Waals surface area (Å²) in [5.74, 6) is -0.178. The number of aryl methyl sites for hydroxylation is 2. The van der Waals surface area contributed by atoms with Gasteiger partial charge in [0.15, 0.2) is 0 Å². The number of sulfonamides is 1. The molecule has 3 rings (SSSR count). The third-order valence-electron chi connectivity index (χ3n) is 5.05. The van der Waals surface area contributed by atoms with Crippen molar-refractivity contribution < 1.29 is 18.1 Å². The lowest BCUT2D eigenvalue weighted by Crippen LogP contribution is -2.50. The highest BCUT2D eigenvalue weighted by Crippen LogP contribution is 2.22. The van der Waals surface area contributed by atoms with E-state index in [0.717, 1.165) is 22.8 Å². The number of hydrogen-bond donors (Lipinski definition) is 0. The van der Waals surface area contributed by atoms with Gasteiger partial charge in [-0.1, -0.05) is 29.8 Å². The van der Waals surface area contributed by atoms with E-state index in [9.17, 15) is 23.3 Å². The van der Waals surface area contributed by atoms with Gasteiger partial charge in [0.25, 0.3) is 5.69 Å². The monoisotopic (exact) mass is 429 g/mol. The fourth-order valence-corrected chi connectivity index (χ4v) is 4.80. The summed E-state index contributed by atoms with van der Waals surface area (Å²) >= 11 is 0. The lowest BCUT2D eigenvalue weighted by atomic mass is 10.1. The number of benzene rings is 2. The third kappa shape index (κ3) is 4.74. The maximum absolute atomic E-state index is 12.8. The first-order valence-corrected chi connectivity index (χ1v) is 10.9. The van der Waals surface area contributed by atoms with Gasteiger partial charge < -0.3 is 4.90 Å². The van der Waals surface area contributed by atoms with Gasteiger partial charge in [0.2, 0.25) is 15.9 Å². The van der Waals surface area contributed by atoms with Crippen molar-refractivity contribution in [3.8, 4) is 0 Å². The lowest BCUT2D eigenvalue weighted by Gasteiger charge is -2.33. The molecule has 2 aromatic rings. The predicted octanol–water partition coefficient (Wildman–Crippen LogP) is 2.76.